The number of amides is 1. The van der Waals surface area contributed by atoms with Crippen LogP contribution in [0.25, 0.3) is 10.8 Å². The second-order valence-electron chi connectivity index (χ2n) is 5.39. The molecule has 0 saturated heterocycles. The molecule has 0 fully saturated rings. The highest BCUT2D eigenvalue weighted by Gasteiger charge is 2.53. The first-order valence-corrected chi connectivity index (χ1v) is 7.04. The molecule has 0 bridgehead atoms. The first-order valence-electron chi connectivity index (χ1n) is 7.04. The zero-order valence-electron chi connectivity index (χ0n) is 12.7. The summed E-state index contributed by atoms with van der Waals surface area (Å²) in [5.41, 5.74) is -1.89. The first-order chi connectivity index (χ1) is 10.8. The van der Waals surface area contributed by atoms with Crippen LogP contribution < -0.4 is 5.32 Å². The summed E-state index contributed by atoms with van der Waals surface area (Å²) in [6.07, 6.45) is 0. The molecule has 0 heterocycles. The van der Waals surface area contributed by atoms with E-state index in [0.717, 1.165) is 17.7 Å². The van der Waals surface area contributed by atoms with Gasteiger partial charge in [-0.25, -0.2) is 9.59 Å². The number of carboxylic acids is 2. The van der Waals surface area contributed by atoms with Gasteiger partial charge in [-0.1, -0.05) is 49.4 Å². The van der Waals surface area contributed by atoms with E-state index < -0.39 is 29.3 Å². The summed E-state index contributed by atoms with van der Waals surface area (Å²) < 4.78 is 0. The predicted octanol–water partition coefficient (Wildman–Crippen LogP) is 1.99. The van der Waals surface area contributed by atoms with E-state index in [-0.39, 0.29) is 0 Å². The molecular weight excluding hydrogens is 298 g/mol. The lowest BCUT2D eigenvalue weighted by Crippen LogP contribution is -2.62. The molecule has 3 N–H and O–H groups in total. The Bertz CT molecular complexity index is 764. The van der Waals surface area contributed by atoms with Crippen LogP contribution in [-0.2, 0) is 14.4 Å². The fourth-order valence-electron chi connectivity index (χ4n) is 2.82. The molecule has 2 aromatic carbocycles. The maximum absolute atomic E-state index is 11.8. The van der Waals surface area contributed by atoms with Gasteiger partial charge in [0.05, 0.1) is 0 Å². The molecule has 2 rings (SSSR count). The van der Waals surface area contributed by atoms with Gasteiger partial charge >= 0.3 is 11.9 Å². The summed E-state index contributed by atoms with van der Waals surface area (Å²) in [6.45, 7) is 2.58. The molecular formula is C17H17NO5. The Morgan fingerprint density at radius 2 is 1.57 bits per heavy atom. The van der Waals surface area contributed by atoms with Crippen molar-refractivity contribution in [2.45, 2.75) is 25.3 Å². The monoisotopic (exact) mass is 315 g/mol. The normalized spacial score (nSPS) is 12.6. The molecule has 0 radical (unpaired) electrons. The van der Waals surface area contributed by atoms with Crippen LogP contribution in [0.15, 0.2) is 42.5 Å². The van der Waals surface area contributed by atoms with Gasteiger partial charge in [0.15, 0.2) is 0 Å². The van der Waals surface area contributed by atoms with Crippen molar-refractivity contribution < 1.29 is 24.6 Å². The highest BCUT2D eigenvalue weighted by Crippen LogP contribution is 2.34. The summed E-state index contributed by atoms with van der Waals surface area (Å²) in [5, 5.41) is 22.8. The smallest absolute Gasteiger partial charge is 0.341 e. The topological polar surface area (TPSA) is 104 Å². The Morgan fingerprint density at radius 1 is 1.00 bits per heavy atom. The van der Waals surface area contributed by atoms with Crippen molar-refractivity contribution in [1.29, 1.82) is 0 Å². The van der Waals surface area contributed by atoms with Gasteiger partial charge in [-0.15, -0.1) is 0 Å². The Kier molecular flexibility index (Phi) is 4.36. The third-order valence-corrected chi connectivity index (χ3v) is 3.99. The Morgan fingerprint density at radius 3 is 2.13 bits per heavy atom. The van der Waals surface area contributed by atoms with E-state index in [1.54, 1.807) is 24.3 Å². The van der Waals surface area contributed by atoms with E-state index in [1.165, 1.54) is 6.92 Å². The molecule has 6 heteroatoms. The van der Waals surface area contributed by atoms with Crippen molar-refractivity contribution >= 4 is 28.6 Å². The number of hydrogen-bond acceptors (Lipinski definition) is 3. The summed E-state index contributed by atoms with van der Waals surface area (Å²) in [4.78, 5) is 34.9. The fourth-order valence-corrected chi connectivity index (χ4v) is 2.82. The van der Waals surface area contributed by atoms with E-state index in [0.29, 0.717) is 5.56 Å². The molecule has 2 aromatic rings. The van der Waals surface area contributed by atoms with Gasteiger partial charge in [0.1, 0.15) is 0 Å². The number of aliphatic carboxylic acids is 2. The zero-order valence-corrected chi connectivity index (χ0v) is 12.7. The largest absolute Gasteiger partial charge is 0.479 e. The SMILES string of the molecule is CC(=O)NC(C(=O)O)(C(=O)O)C(C)c1cccc2ccccc12. The minimum atomic E-state index is -2.43. The van der Waals surface area contributed by atoms with Gasteiger partial charge in [-0.2, -0.15) is 0 Å². The third-order valence-electron chi connectivity index (χ3n) is 3.99. The summed E-state index contributed by atoms with van der Waals surface area (Å²) >= 11 is 0. The van der Waals surface area contributed by atoms with Gasteiger partial charge in [0.25, 0.3) is 0 Å². The average Bonchev–Trinajstić information content (AvgIpc) is 2.50. The summed E-state index contributed by atoms with van der Waals surface area (Å²) in [6, 6.07) is 12.5. The van der Waals surface area contributed by atoms with Crippen LogP contribution >= 0.6 is 0 Å². The molecule has 0 aliphatic carbocycles. The van der Waals surface area contributed by atoms with Crippen LogP contribution in [0, 0.1) is 0 Å². The maximum atomic E-state index is 11.8. The van der Waals surface area contributed by atoms with Crippen molar-refractivity contribution in [3.05, 3.63) is 48.0 Å². The number of benzene rings is 2. The van der Waals surface area contributed by atoms with Crippen LogP contribution in [0.3, 0.4) is 0 Å². The van der Waals surface area contributed by atoms with E-state index >= 15 is 0 Å². The number of carboxylic acid groups (broad SMARTS) is 2. The number of carbonyl (C=O) groups is 3. The maximum Gasteiger partial charge on any atom is 0.341 e. The number of fused-ring (bicyclic) bond motifs is 1. The zero-order chi connectivity index (χ0) is 17.2. The van der Waals surface area contributed by atoms with Crippen LogP contribution in [0.2, 0.25) is 0 Å². The first kappa shape index (κ1) is 16.5. The molecule has 0 aliphatic rings. The second-order valence-corrected chi connectivity index (χ2v) is 5.39. The second kappa shape index (κ2) is 6.08. The Labute approximate surface area is 132 Å². The summed E-state index contributed by atoms with van der Waals surface area (Å²) in [7, 11) is 0. The van der Waals surface area contributed by atoms with Crippen molar-refractivity contribution in [2.75, 3.05) is 0 Å². The molecule has 1 unspecified atom stereocenters. The number of nitrogens with one attached hydrogen (secondary N) is 1. The van der Waals surface area contributed by atoms with Crippen LogP contribution in [0.1, 0.15) is 25.3 Å². The van der Waals surface area contributed by atoms with Crippen LogP contribution in [0.4, 0.5) is 0 Å². The highest BCUT2D eigenvalue weighted by atomic mass is 16.4. The van der Waals surface area contributed by atoms with E-state index in [2.05, 4.69) is 5.32 Å². The molecule has 1 atom stereocenters. The Balaban J connectivity index is 2.69. The lowest BCUT2D eigenvalue weighted by atomic mass is 9.78. The van der Waals surface area contributed by atoms with Gasteiger partial charge in [0, 0.05) is 12.8 Å². The summed E-state index contributed by atoms with van der Waals surface area (Å²) in [5.74, 6) is -4.92. The molecule has 0 aromatic heterocycles. The van der Waals surface area contributed by atoms with Crippen LogP contribution in [0.5, 0.6) is 0 Å². The van der Waals surface area contributed by atoms with E-state index in [9.17, 15) is 24.6 Å². The van der Waals surface area contributed by atoms with Gasteiger partial charge < -0.3 is 15.5 Å². The lowest BCUT2D eigenvalue weighted by molar-refractivity contribution is -0.162. The van der Waals surface area contributed by atoms with Crippen LogP contribution in [-0.4, -0.2) is 33.6 Å². The number of carbonyl (C=O) groups excluding carboxylic acids is 1. The standard InChI is InChI=1S/C17H17NO5/c1-10(17(15(20)21,16(22)23)18-11(2)19)13-9-5-7-12-6-3-4-8-14(12)13/h3-10H,1-2H3,(H,18,19)(H,20,21)(H,22,23). The molecule has 1 amide bonds. The Hall–Kier alpha value is -2.89. The highest BCUT2D eigenvalue weighted by molar-refractivity contribution is 6.08. The number of rotatable bonds is 5. The lowest BCUT2D eigenvalue weighted by Gasteiger charge is -2.32. The van der Waals surface area contributed by atoms with Crippen molar-refractivity contribution in [2.24, 2.45) is 0 Å². The van der Waals surface area contributed by atoms with E-state index in [1.807, 2.05) is 18.2 Å². The predicted molar refractivity (Wildman–Crippen MR) is 84.2 cm³/mol. The van der Waals surface area contributed by atoms with Gasteiger partial charge in [0.2, 0.25) is 11.4 Å². The molecule has 0 spiro atoms. The van der Waals surface area contributed by atoms with Crippen molar-refractivity contribution in [3.63, 3.8) is 0 Å². The molecule has 6 nitrogen and oxygen atoms in total. The van der Waals surface area contributed by atoms with Gasteiger partial charge in [-0.3, -0.25) is 4.79 Å². The minimum Gasteiger partial charge on any atom is -0.479 e. The molecule has 23 heavy (non-hydrogen) atoms. The van der Waals surface area contributed by atoms with E-state index in [4.69, 9.17) is 0 Å². The third kappa shape index (κ3) is 2.75. The molecule has 120 valence electrons. The van der Waals surface area contributed by atoms with Crippen molar-refractivity contribution in [1.82, 2.24) is 5.32 Å². The average molecular weight is 315 g/mol. The molecule has 0 aliphatic heterocycles. The fraction of sp³-hybridized carbons (Fsp3) is 0.235. The minimum absolute atomic E-state index is 0.543. The van der Waals surface area contributed by atoms with Gasteiger partial charge in [-0.05, 0) is 16.3 Å². The quantitative estimate of drug-likeness (QED) is 0.732. The molecule has 0 saturated carbocycles. The number of hydrogen-bond donors (Lipinski definition) is 3. The van der Waals surface area contributed by atoms with Crippen molar-refractivity contribution in [3.8, 4) is 0 Å².